The van der Waals surface area contributed by atoms with Crippen LogP contribution < -0.4 is 4.74 Å². The number of aliphatic hydroxyl groups is 1. The molecule has 1 aromatic rings. The van der Waals surface area contributed by atoms with Crippen LogP contribution in [0.15, 0.2) is 24.3 Å². The van der Waals surface area contributed by atoms with Crippen molar-refractivity contribution in [3.63, 3.8) is 0 Å². The van der Waals surface area contributed by atoms with Gasteiger partial charge in [0.25, 0.3) is 0 Å². The molecular formula is C17H23F2NO4. The Morgan fingerprint density at radius 1 is 1.17 bits per heavy atom. The Morgan fingerprint density at radius 2 is 1.92 bits per heavy atom. The van der Waals surface area contributed by atoms with Crippen molar-refractivity contribution >= 4 is 0 Å². The largest absolute Gasteiger partial charge is 0.435 e. The SMILES string of the molecule is O[C@H](CN1CCO[C@@H]([C@H]2CCCO2)C1)c1ccc(OC(F)F)cc1. The lowest BCUT2D eigenvalue weighted by molar-refractivity contribution is -0.0996. The molecule has 5 nitrogen and oxygen atoms in total. The van der Waals surface area contributed by atoms with E-state index < -0.39 is 12.7 Å². The molecule has 0 saturated carbocycles. The molecule has 2 heterocycles. The van der Waals surface area contributed by atoms with Crippen molar-refractivity contribution in [2.45, 2.75) is 37.8 Å². The van der Waals surface area contributed by atoms with Crippen molar-refractivity contribution in [2.24, 2.45) is 0 Å². The molecule has 0 spiro atoms. The maximum absolute atomic E-state index is 12.2. The van der Waals surface area contributed by atoms with Crippen molar-refractivity contribution < 1.29 is 28.1 Å². The van der Waals surface area contributed by atoms with Crippen LogP contribution in [0.4, 0.5) is 8.78 Å². The zero-order valence-corrected chi connectivity index (χ0v) is 13.4. The zero-order chi connectivity index (χ0) is 16.9. The highest BCUT2D eigenvalue weighted by molar-refractivity contribution is 5.28. The van der Waals surface area contributed by atoms with E-state index in [-0.39, 0.29) is 18.0 Å². The molecule has 0 aromatic heterocycles. The molecule has 2 aliphatic heterocycles. The third-order valence-electron chi connectivity index (χ3n) is 4.48. The van der Waals surface area contributed by atoms with Crippen LogP contribution in [-0.2, 0) is 9.47 Å². The van der Waals surface area contributed by atoms with Gasteiger partial charge in [-0.05, 0) is 30.5 Å². The van der Waals surface area contributed by atoms with Crippen LogP contribution in [0.2, 0.25) is 0 Å². The smallest absolute Gasteiger partial charge is 0.387 e. The Hall–Kier alpha value is -1.28. The topological polar surface area (TPSA) is 51.2 Å². The van der Waals surface area contributed by atoms with E-state index in [1.54, 1.807) is 12.1 Å². The number of morpholine rings is 1. The van der Waals surface area contributed by atoms with Crippen LogP contribution in [0.25, 0.3) is 0 Å². The second-order valence-electron chi connectivity index (χ2n) is 6.18. The summed E-state index contributed by atoms with van der Waals surface area (Å²) in [7, 11) is 0. The minimum Gasteiger partial charge on any atom is -0.435 e. The first kappa shape index (κ1) is 17.5. The predicted molar refractivity (Wildman–Crippen MR) is 83.2 cm³/mol. The molecule has 7 heteroatoms. The van der Waals surface area contributed by atoms with Crippen LogP contribution in [0.5, 0.6) is 5.75 Å². The predicted octanol–water partition coefficient (Wildman–Crippen LogP) is 2.20. The number of aliphatic hydroxyl groups excluding tert-OH is 1. The monoisotopic (exact) mass is 343 g/mol. The van der Waals surface area contributed by atoms with Crippen LogP contribution in [0, 0.1) is 0 Å². The van der Waals surface area contributed by atoms with Gasteiger partial charge in [0, 0.05) is 26.2 Å². The van der Waals surface area contributed by atoms with E-state index >= 15 is 0 Å². The molecule has 1 aromatic carbocycles. The third-order valence-corrected chi connectivity index (χ3v) is 4.48. The van der Waals surface area contributed by atoms with E-state index in [9.17, 15) is 13.9 Å². The van der Waals surface area contributed by atoms with Crippen molar-refractivity contribution in [3.05, 3.63) is 29.8 Å². The summed E-state index contributed by atoms with van der Waals surface area (Å²) in [4.78, 5) is 2.16. The lowest BCUT2D eigenvalue weighted by Crippen LogP contribution is -2.48. The quantitative estimate of drug-likeness (QED) is 0.858. The van der Waals surface area contributed by atoms with Crippen molar-refractivity contribution in [3.8, 4) is 5.75 Å². The zero-order valence-electron chi connectivity index (χ0n) is 13.4. The highest BCUT2D eigenvalue weighted by atomic mass is 19.3. The van der Waals surface area contributed by atoms with E-state index in [1.165, 1.54) is 12.1 Å². The van der Waals surface area contributed by atoms with Crippen LogP contribution in [0.3, 0.4) is 0 Å². The van der Waals surface area contributed by atoms with Crippen molar-refractivity contribution in [1.29, 1.82) is 0 Å². The Balaban J connectivity index is 1.52. The van der Waals surface area contributed by atoms with Gasteiger partial charge in [-0.2, -0.15) is 8.78 Å². The summed E-state index contributed by atoms with van der Waals surface area (Å²) in [5.74, 6) is 0.0887. The first-order valence-electron chi connectivity index (χ1n) is 8.30. The van der Waals surface area contributed by atoms with Crippen molar-refractivity contribution in [1.82, 2.24) is 4.90 Å². The van der Waals surface area contributed by atoms with Gasteiger partial charge in [0.2, 0.25) is 0 Å². The molecule has 0 unspecified atom stereocenters. The van der Waals surface area contributed by atoms with Crippen molar-refractivity contribution in [2.75, 3.05) is 32.8 Å². The number of halogens is 2. The molecular weight excluding hydrogens is 320 g/mol. The molecule has 1 N–H and O–H groups in total. The fourth-order valence-electron chi connectivity index (χ4n) is 3.24. The molecule has 3 atom stereocenters. The summed E-state index contributed by atoms with van der Waals surface area (Å²) >= 11 is 0. The summed E-state index contributed by atoms with van der Waals surface area (Å²) < 4.78 is 40.1. The first-order valence-corrected chi connectivity index (χ1v) is 8.30. The van der Waals surface area contributed by atoms with Gasteiger partial charge in [0.15, 0.2) is 0 Å². The highest BCUT2D eigenvalue weighted by Crippen LogP contribution is 2.24. The maximum atomic E-state index is 12.2. The fourth-order valence-corrected chi connectivity index (χ4v) is 3.24. The Bertz CT molecular complexity index is 508. The molecule has 0 radical (unpaired) electrons. The van der Waals surface area contributed by atoms with Gasteiger partial charge in [-0.1, -0.05) is 12.1 Å². The minimum absolute atomic E-state index is 0.0512. The summed E-state index contributed by atoms with van der Waals surface area (Å²) in [5, 5.41) is 10.4. The second kappa shape index (κ2) is 8.20. The Labute approximate surface area is 140 Å². The second-order valence-corrected chi connectivity index (χ2v) is 6.18. The molecule has 2 saturated heterocycles. The van der Waals surface area contributed by atoms with E-state index in [2.05, 4.69) is 9.64 Å². The molecule has 3 rings (SSSR count). The maximum Gasteiger partial charge on any atom is 0.387 e. The molecule has 2 fully saturated rings. The summed E-state index contributed by atoms with van der Waals surface area (Å²) in [6.45, 7) is 0.533. The number of alkyl halides is 2. The number of nitrogens with zero attached hydrogens (tertiary/aromatic N) is 1. The average Bonchev–Trinajstić information content (AvgIpc) is 3.10. The highest BCUT2D eigenvalue weighted by Gasteiger charge is 2.31. The van der Waals surface area contributed by atoms with Gasteiger partial charge >= 0.3 is 6.61 Å². The lowest BCUT2D eigenvalue weighted by Gasteiger charge is -2.36. The molecule has 0 aliphatic carbocycles. The van der Waals surface area contributed by atoms with Gasteiger partial charge in [0.05, 0.1) is 24.9 Å². The van der Waals surface area contributed by atoms with E-state index in [0.29, 0.717) is 18.7 Å². The Morgan fingerprint density at radius 3 is 2.58 bits per heavy atom. The van der Waals surface area contributed by atoms with Gasteiger partial charge in [-0.3, -0.25) is 4.90 Å². The minimum atomic E-state index is -2.84. The lowest BCUT2D eigenvalue weighted by atomic mass is 10.1. The molecule has 0 bridgehead atoms. The van der Waals surface area contributed by atoms with Crippen LogP contribution in [0.1, 0.15) is 24.5 Å². The van der Waals surface area contributed by atoms with Gasteiger partial charge in [0.1, 0.15) is 5.75 Å². The fraction of sp³-hybridized carbons (Fsp3) is 0.647. The standard InChI is InChI=1S/C17H23F2NO4/c18-17(19)24-13-5-3-12(4-6-13)14(21)10-20-7-9-23-16(11-20)15-2-1-8-22-15/h3-6,14-17,21H,1-2,7-11H2/t14-,15-,16-/m1/s1. The normalized spacial score (nSPS) is 26.7. The van der Waals surface area contributed by atoms with Gasteiger partial charge < -0.3 is 19.3 Å². The van der Waals surface area contributed by atoms with E-state index in [4.69, 9.17) is 9.47 Å². The number of ether oxygens (including phenoxy) is 3. The van der Waals surface area contributed by atoms with Gasteiger partial charge in [-0.15, -0.1) is 0 Å². The average molecular weight is 343 g/mol. The van der Waals surface area contributed by atoms with E-state index in [1.807, 2.05) is 0 Å². The number of benzene rings is 1. The van der Waals surface area contributed by atoms with Gasteiger partial charge in [-0.25, -0.2) is 0 Å². The first-order chi connectivity index (χ1) is 11.6. The summed E-state index contributed by atoms with van der Waals surface area (Å²) in [6, 6.07) is 6.11. The van der Waals surface area contributed by atoms with Crippen LogP contribution >= 0.6 is 0 Å². The molecule has 0 amide bonds. The number of hydrogen-bond acceptors (Lipinski definition) is 5. The Kier molecular flexibility index (Phi) is 5.99. The summed E-state index contributed by atoms with van der Waals surface area (Å²) in [6.07, 6.45) is 1.60. The summed E-state index contributed by atoms with van der Waals surface area (Å²) in [5.41, 5.74) is 0.678. The molecule has 24 heavy (non-hydrogen) atoms. The third kappa shape index (κ3) is 4.63. The van der Waals surface area contributed by atoms with Crippen LogP contribution in [-0.4, -0.2) is 61.7 Å². The number of β-amino-alcohol motifs (C(OH)–C–C–N with tert-alkyl or cyclic N) is 1. The van der Waals surface area contributed by atoms with E-state index in [0.717, 1.165) is 32.5 Å². The molecule has 134 valence electrons. The number of rotatable bonds is 6. The molecule has 2 aliphatic rings. The number of hydrogen-bond donors (Lipinski definition) is 1.